The molecule has 0 aliphatic heterocycles. The molecule has 12 heteroatoms. The zero-order valence-corrected chi connectivity index (χ0v) is 19.0. The maximum atomic E-state index is 12.8. The van der Waals surface area contributed by atoms with Gasteiger partial charge < -0.3 is 20.7 Å². The molecule has 36 heavy (non-hydrogen) atoms. The number of rotatable bonds is 8. The summed E-state index contributed by atoms with van der Waals surface area (Å²) in [6.07, 6.45) is -6.10. The molecule has 2 amide bonds. The molecule has 196 valence electrons. The van der Waals surface area contributed by atoms with Gasteiger partial charge in [-0.2, -0.15) is 13.2 Å². The van der Waals surface area contributed by atoms with Crippen LogP contribution in [-0.4, -0.2) is 36.8 Å². The SMILES string of the molecule is O=C(CNC(=O)c1cccc(C(F)(F)F)c1)N[C@@H]1CCCC[C@@H]1NCc1ccc(OC(F)(F)F)cc1. The summed E-state index contributed by atoms with van der Waals surface area (Å²) in [6, 6.07) is 9.02. The van der Waals surface area contributed by atoms with Gasteiger partial charge >= 0.3 is 12.5 Å². The van der Waals surface area contributed by atoms with Crippen LogP contribution in [0.4, 0.5) is 26.3 Å². The van der Waals surface area contributed by atoms with Crippen LogP contribution in [0.1, 0.15) is 47.2 Å². The van der Waals surface area contributed by atoms with Gasteiger partial charge in [0.05, 0.1) is 12.1 Å². The minimum atomic E-state index is -4.76. The van der Waals surface area contributed by atoms with Crippen LogP contribution in [-0.2, 0) is 17.5 Å². The predicted molar refractivity (Wildman–Crippen MR) is 118 cm³/mol. The second-order valence-electron chi connectivity index (χ2n) is 8.40. The fourth-order valence-electron chi connectivity index (χ4n) is 3.96. The van der Waals surface area contributed by atoms with E-state index < -0.39 is 36.5 Å². The molecule has 2 aromatic carbocycles. The van der Waals surface area contributed by atoms with Crippen LogP contribution in [0.15, 0.2) is 48.5 Å². The van der Waals surface area contributed by atoms with Crippen molar-refractivity contribution in [3.8, 4) is 5.75 Å². The Hall–Kier alpha value is -3.28. The van der Waals surface area contributed by atoms with Crippen molar-refractivity contribution >= 4 is 11.8 Å². The lowest BCUT2D eigenvalue weighted by molar-refractivity contribution is -0.274. The van der Waals surface area contributed by atoms with Gasteiger partial charge in [-0.25, -0.2) is 0 Å². The fourth-order valence-corrected chi connectivity index (χ4v) is 3.96. The van der Waals surface area contributed by atoms with E-state index in [9.17, 15) is 35.9 Å². The van der Waals surface area contributed by atoms with Gasteiger partial charge in [0, 0.05) is 24.2 Å². The topological polar surface area (TPSA) is 79.5 Å². The van der Waals surface area contributed by atoms with Gasteiger partial charge in [0.15, 0.2) is 0 Å². The van der Waals surface area contributed by atoms with Gasteiger partial charge in [0.1, 0.15) is 5.75 Å². The average molecular weight is 517 g/mol. The molecule has 1 aliphatic carbocycles. The van der Waals surface area contributed by atoms with E-state index in [1.54, 1.807) is 0 Å². The molecule has 1 aliphatic rings. The van der Waals surface area contributed by atoms with E-state index in [4.69, 9.17) is 0 Å². The monoisotopic (exact) mass is 517 g/mol. The second-order valence-corrected chi connectivity index (χ2v) is 8.40. The highest BCUT2D eigenvalue weighted by Crippen LogP contribution is 2.29. The van der Waals surface area contributed by atoms with Crippen molar-refractivity contribution in [1.29, 1.82) is 0 Å². The zero-order chi connectivity index (χ0) is 26.3. The molecule has 2 aromatic rings. The van der Waals surface area contributed by atoms with Crippen LogP contribution in [0, 0.1) is 0 Å². The number of amides is 2. The van der Waals surface area contributed by atoms with Crippen molar-refractivity contribution in [2.24, 2.45) is 0 Å². The first kappa shape index (κ1) is 27.3. The van der Waals surface area contributed by atoms with Gasteiger partial charge in [-0.15, -0.1) is 13.2 Å². The largest absolute Gasteiger partial charge is 0.573 e. The fraction of sp³-hybridized carbons (Fsp3) is 0.417. The lowest BCUT2D eigenvalue weighted by atomic mass is 9.90. The summed E-state index contributed by atoms with van der Waals surface area (Å²) in [5.41, 5.74) is -0.437. The molecule has 0 aromatic heterocycles. The lowest BCUT2D eigenvalue weighted by Crippen LogP contribution is -2.53. The standard InChI is InChI=1S/C24H25F6N3O3/c25-23(26,27)17-5-3-4-16(12-17)22(35)32-14-21(34)33-20-7-2-1-6-19(20)31-13-15-8-10-18(11-9-15)36-24(28,29)30/h3-5,8-12,19-20,31H,1-2,6-7,13-14H2,(H,32,35)(H,33,34)/t19-,20+/m0/s1. The Morgan fingerprint density at radius 1 is 0.917 bits per heavy atom. The second kappa shape index (κ2) is 11.6. The van der Waals surface area contributed by atoms with Crippen molar-refractivity contribution in [3.63, 3.8) is 0 Å². The van der Waals surface area contributed by atoms with E-state index in [-0.39, 0.29) is 23.4 Å². The molecule has 0 heterocycles. The van der Waals surface area contributed by atoms with E-state index in [1.165, 1.54) is 30.3 Å². The molecular formula is C24H25F6N3O3. The van der Waals surface area contributed by atoms with Crippen molar-refractivity contribution in [2.45, 2.75) is 56.9 Å². The highest BCUT2D eigenvalue weighted by molar-refractivity contribution is 5.96. The Kier molecular flexibility index (Phi) is 8.83. The Labute approximate surface area is 203 Å². The first-order valence-corrected chi connectivity index (χ1v) is 11.2. The molecule has 0 spiro atoms. The molecule has 1 fully saturated rings. The Bertz CT molecular complexity index is 1040. The Balaban J connectivity index is 1.49. The quantitative estimate of drug-likeness (QED) is 0.449. The summed E-state index contributed by atoms with van der Waals surface area (Å²) in [5.74, 6) is -1.60. The van der Waals surface area contributed by atoms with Crippen LogP contribution in [0.2, 0.25) is 0 Å². The van der Waals surface area contributed by atoms with E-state index in [1.807, 2.05) is 0 Å². The molecule has 2 atom stereocenters. The molecule has 0 unspecified atom stereocenters. The highest BCUT2D eigenvalue weighted by atomic mass is 19.4. The summed E-state index contributed by atoms with van der Waals surface area (Å²) in [4.78, 5) is 24.6. The van der Waals surface area contributed by atoms with E-state index in [0.29, 0.717) is 13.0 Å². The van der Waals surface area contributed by atoms with Gasteiger partial charge in [-0.3, -0.25) is 9.59 Å². The summed E-state index contributed by atoms with van der Waals surface area (Å²) in [6.45, 7) is -0.0470. The van der Waals surface area contributed by atoms with Crippen molar-refractivity contribution in [1.82, 2.24) is 16.0 Å². The number of carbonyl (C=O) groups is 2. The maximum Gasteiger partial charge on any atom is 0.573 e. The predicted octanol–water partition coefficient (Wildman–Crippen LogP) is 4.55. The van der Waals surface area contributed by atoms with Gasteiger partial charge in [-0.1, -0.05) is 31.0 Å². The first-order chi connectivity index (χ1) is 16.9. The van der Waals surface area contributed by atoms with Gasteiger partial charge in [0.2, 0.25) is 5.91 Å². The average Bonchev–Trinajstić information content (AvgIpc) is 2.81. The molecule has 3 rings (SSSR count). The number of hydrogen-bond donors (Lipinski definition) is 3. The van der Waals surface area contributed by atoms with Crippen molar-refractivity contribution < 1.29 is 40.7 Å². The third kappa shape index (κ3) is 8.43. The number of benzene rings is 2. The normalized spacial score (nSPS) is 18.4. The molecule has 6 nitrogen and oxygen atoms in total. The van der Waals surface area contributed by atoms with Crippen LogP contribution in [0.3, 0.4) is 0 Å². The summed E-state index contributed by atoms with van der Waals surface area (Å²) < 4.78 is 79.3. The Morgan fingerprint density at radius 3 is 2.22 bits per heavy atom. The van der Waals surface area contributed by atoms with Crippen molar-refractivity contribution in [3.05, 3.63) is 65.2 Å². The number of halogens is 6. The number of hydrogen-bond acceptors (Lipinski definition) is 4. The molecular weight excluding hydrogens is 492 g/mol. The summed E-state index contributed by atoms with van der Waals surface area (Å²) in [5, 5.41) is 8.47. The summed E-state index contributed by atoms with van der Waals surface area (Å²) in [7, 11) is 0. The minimum absolute atomic E-state index is 0.104. The molecule has 0 saturated heterocycles. The smallest absolute Gasteiger partial charge is 0.406 e. The minimum Gasteiger partial charge on any atom is -0.406 e. The Morgan fingerprint density at radius 2 is 1.58 bits per heavy atom. The zero-order valence-electron chi connectivity index (χ0n) is 19.0. The maximum absolute atomic E-state index is 12.8. The van der Waals surface area contributed by atoms with E-state index in [0.717, 1.165) is 43.0 Å². The molecule has 1 saturated carbocycles. The van der Waals surface area contributed by atoms with E-state index >= 15 is 0 Å². The number of carbonyl (C=O) groups excluding carboxylic acids is 2. The third-order valence-electron chi connectivity index (χ3n) is 5.70. The van der Waals surface area contributed by atoms with Crippen LogP contribution in [0.25, 0.3) is 0 Å². The van der Waals surface area contributed by atoms with Crippen LogP contribution >= 0.6 is 0 Å². The van der Waals surface area contributed by atoms with Crippen LogP contribution in [0.5, 0.6) is 5.75 Å². The van der Waals surface area contributed by atoms with Gasteiger partial charge in [-0.05, 0) is 48.7 Å². The summed E-state index contributed by atoms with van der Waals surface area (Å²) >= 11 is 0. The first-order valence-electron chi connectivity index (χ1n) is 11.2. The molecule has 0 bridgehead atoms. The molecule has 0 radical (unpaired) electrons. The lowest BCUT2D eigenvalue weighted by Gasteiger charge is -2.33. The van der Waals surface area contributed by atoms with Crippen molar-refractivity contribution in [2.75, 3.05) is 6.54 Å². The van der Waals surface area contributed by atoms with Crippen LogP contribution < -0.4 is 20.7 Å². The van der Waals surface area contributed by atoms with E-state index in [2.05, 4.69) is 20.7 Å². The number of alkyl halides is 6. The van der Waals surface area contributed by atoms with Gasteiger partial charge in [0.25, 0.3) is 5.91 Å². The highest BCUT2D eigenvalue weighted by Gasteiger charge is 2.32. The third-order valence-corrected chi connectivity index (χ3v) is 5.70. The molecule has 3 N–H and O–H groups in total. The number of nitrogens with one attached hydrogen (secondary N) is 3. The number of ether oxygens (including phenoxy) is 1.